The third kappa shape index (κ3) is 18.0. The molecule has 0 saturated carbocycles. The number of ether oxygens (including phenoxy) is 1. The molecule has 0 aromatic rings. The maximum atomic E-state index is 11.7. The number of rotatable bonds is 20. The molecule has 0 aliphatic rings. The van der Waals surface area contributed by atoms with Crippen LogP contribution in [-0.2, 0) is 14.3 Å². The molecule has 0 unspecified atom stereocenters. The largest absolute Gasteiger partial charge is 0.480 e. The fourth-order valence-corrected chi connectivity index (χ4v) is 3.26. The topological polar surface area (TPSA) is 75.6 Å². The Balaban J connectivity index is 3.33. The molecule has 1 amide bonds. The maximum Gasteiger partial charge on any atom is 0.328 e. The number of carbonyl (C=O) groups is 2. The van der Waals surface area contributed by atoms with Gasteiger partial charge < -0.3 is 15.2 Å². The van der Waals surface area contributed by atoms with E-state index in [9.17, 15) is 9.59 Å². The van der Waals surface area contributed by atoms with E-state index in [0.717, 1.165) is 19.3 Å². The lowest BCUT2D eigenvalue weighted by Crippen LogP contribution is -2.43. The van der Waals surface area contributed by atoms with E-state index in [0.29, 0.717) is 6.42 Å². The number of carboxylic acids is 1. The van der Waals surface area contributed by atoms with E-state index < -0.39 is 12.0 Å². The molecular formula is C22H43NO4. The van der Waals surface area contributed by atoms with Crippen molar-refractivity contribution in [1.82, 2.24) is 5.32 Å². The number of methoxy groups -OCH3 is 1. The molecule has 27 heavy (non-hydrogen) atoms. The van der Waals surface area contributed by atoms with Gasteiger partial charge in [0.2, 0.25) is 5.91 Å². The van der Waals surface area contributed by atoms with Gasteiger partial charge in [-0.25, -0.2) is 4.79 Å². The van der Waals surface area contributed by atoms with Crippen LogP contribution in [-0.4, -0.2) is 36.7 Å². The Morgan fingerprint density at radius 2 is 1.19 bits per heavy atom. The molecule has 0 fully saturated rings. The van der Waals surface area contributed by atoms with Crippen LogP contribution in [0.2, 0.25) is 0 Å². The third-order valence-corrected chi connectivity index (χ3v) is 4.97. The van der Waals surface area contributed by atoms with E-state index in [2.05, 4.69) is 12.2 Å². The van der Waals surface area contributed by atoms with Gasteiger partial charge in [-0.2, -0.15) is 0 Å². The van der Waals surface area contributed by atoms with E-state index in [1.807, 2.05) is 0 Å². The average Bonchev–Trinajstić information content (AvgIpc) is 2.64. The number of unbranched alkanes of at least 4 members (excludes halogenated alkanes) is 14. The molecule has 0 heterocycles. The Hall–Kier alpha value is -1.10. The monoisotopic (exact) mass is 385 g/mol. The van der Waals surface area contributed by atoms with Gasteiger partial charge in [0.15, 0.2) is 6.04 Å². The summed E-state index contributed by atoms with van der Waals surface area (Å²) in [5.41, 5.74) is 0. The number of carboxylic acid groups (broad SMARTS) is 1. The van der Waals surface area contributed by atoms with Crippen molar-refractivity contribution >= 4 is 11.9 Å². The summed E-state index contributed by atoms with van der Waals surface area (Å²) >= 11 is 0. The summed E-state index contributed by atoms with van der Waals surface area (Å²) in [4.78, 5) is 22.7. The summed E-state index contributed by atoms with van der Waals surface area (Å²) in [6.07, 6.45) is 19.7. The van der Waals surface area contributed by atoms with Gasteiger partial charge in [-0.05, 0) is 6.42 Å². The summed E-state index contributed by atoms with van der Waals surface area (Å²) in [5.74, 6) is -1.25. The van der Waals surface area contributed by atoms with Crippen molar-refractivity contribution < 1.29 is 19.4 Å². The molecule has 0 aromatic carbocycles. The summed E-state index contributed by atoms with van der Waals surface area (Å²) < 4.78 is 4.80. The van der Waals surface area contributed by atoms with E-state index in [1.54, 1.807) is 0 Å². The fourth-order valence-electron chi connectivity index (χ4n) is 3.26. The van der Waals surface area contributed by atoms with E-state index >= 15 is 0 Å². The van der Waals surface area contributed by atoms with Crippen LogP contribution in [0.15, 0.2) is 0 Å². The second kappa shape index (κ2) is 19.7. The molecule has 5 heteroatoms. The molecule has 5 nitrogen and oxygen atoms in total. The van der Waals surface area contributed by atoms with Crippen LogP contribution in [0.1, 0.15) is 110 Å². The maximum absolute atomic E-state index is 11.7. The quantitative estimate of drug-likeness (QED) is 0.273. The predicted octanol–water partition coefficient (Wildman–Crippen LogP) is 5.46. The van der Waals surface area contributed by atoms with Gasteiger partial charge in [-0.3, -0.25) is 4.79 Å². The molecule has 0 saturated heterocycles. The van der Waals surface area contributed by atoms with Gasteiger partial charge in [0.05, 0.1) is 6.61 Å². The summed E-state index contributed by atoms with van der Waals surface area (Å²) in [5, 5.41) is 11.5. The molecule has 0 aromatic heterocycles. The van der Waals surface area contributed by atoms with Crippen molar-refractivity contribution in [2.75, 3.05) is 13.7 Å². The van der Waals surface area contributed by atoms with Gasteiger partial charge in [-0.15, -0.1) is 0 Å². The molecule has 0 aliphatic carbocycles. The van der Waals surface area contributed by atoms with E-state index in [1.165, 1.54) is 84.2 Å². The van der Waals surface area contributed by atoms with Gasteiger partial charge in [-0.1, -0.05) is 96.8 Å². The first-order chi connectivity index (χ1) is 13.1. The van der Waals surface area contributed by atoms with Crippen LogP contribution in [0.5, 0.6) is 0 Å². The van der Waals surface area contributed by atoms with Crippen molar-refractivity contribution in [3.63, 3.8) is 0 Å². The number of carbonyl (C=O) groups excluding carboxylic acids is 1. The van der Waals surface area contributed by atoms with E-state index in [4.69, 9.17) is 9.84 Å². The minimum Gasteiger partial charge on any atom is -0.480 e. The van der Waals surface area contributed by atoms with E-state index in [-0.39, 0.29) is 12.5 Å². The first-order valence-corrected chi connectivity index (χ1v) is 11.1. The molecule has 0 aliphatic heterocycles. The van der Waals surface area contributed by atoms with Gasteiger partial charge in [0, 0.05) is 13.5 Å². The normalized spacial score (nSPS) is 12.1. The van der Waals surface area contributed by atoms with Crippen LogP contribution < -0.4 is 5.32 Å². The highest BCUT2D eigenvalue weighted by Crippen LogP contribution is 2.13. The predicted molar refractivity (Wildman–Crippen MR) is 111 cm³/mol. The second-order valence-electron chi connectivity index (χ2n) is 7.61. The van der Waals surface area contributed by atoms with Crippen molar-refractivity contribution in [1.29, 1.82) is 0 Å². The van der Waals surface area contributed by atoms with Crippen LogP contribution in [0.3, 0.4) is 0 Å². The van der Waals surface area contributed by atoms with Gasteiger partial charge in [0.25, 0.3) is 0 Å². The lowest BCUT2D eigenvalue weighted by atomic mass is 10.0. The highest BCUT2D eigenvalue weighted by Gasteiger charge is 2.19. The summed E-state index contributed by atoms with van der Waals surface area (Å²) in [6.45, 7) is 2.26. The minimum atomic E-state index is -1.05. The fraction of sp³-hybridized carbons (Fsp3) is 0.909. The zero-order chi connectivity index (χ0) is 20.2. The Bertz CT molecular complexity index is 360. The second-order valence-corrected chi connectivity index (χ2v) is 7.61. The molecule has 160 valence electrons. The molecular weight excluding hydrogens is 342 g/mol. The number of hydrogen-bond acceptors (Lipinski definition) is 3. The number of hydrogen-bond donors (Lipinski definition) is 2. The zero-order valence-electron chi connectivity index (χ0n) is 17.8. The summed E-state index contributed by atoms with van der Waals surface area (Å²) in [7, 11) is 1.43. The minimum absolute atomic E-state index is 0.0000690. The van der Waals surface area contributed by atoms with Crippen LogP contribution in [0.4, 0.5) is 0 Å². The Labute approximate surface area is 166 Å². The third-order valence-electron chi connectivity index (χ3n) is 4.97. The van der Waals surface area contributed by atoms with Crippen LogP contribution in [0, 0.1) is 0 Å². The molecule has 0 spiro atoms. The lowest BCUT2D eigenvalue weighted by Gasteiger charge is -2.13. The van der Waals surface area contributed by atoms with Crippen molar-refractivity contribution in [3.8, 4) is 0 Å². The SMILES string of the molecule is CCCCCCCCCCCCCCCCCC(=O)N[C@@H](COC)C(=O)O. The smallest absolute Gasteiger partial charge is 0.328 e. The first kappa shape index (κ1) is 25.9. The lowest BCUT2D eigenvalue weighted by molar-refractivity contribution is -0.143. The highest BCUT2D eigenvalue weighted by molar-refractivity contribution is 5.83. The molecule has 0 bridgehead atoms. The number of aliphatic carboxylic acids is 1. The highest BCUT2D eigenvalue weighted by atomic mass is 16.5. The Morgan fingerprint density at radius 1 is 0.778 bits per heavy atom. The van der Waals surface area contributed by atoms with Crippen LogP contribution >= 0.6 is 0 Å². The Morgan fingerprint density at radius 3 is 1.56 bits per heavy atom. The van der Waals surface area contributed by atoms with Gasteiger partial charge >= 0.3 is 5.97 Å². The summed E-state index contributed by atoms with van der Waals surface area (Å²) in [6, 6.07) is -0.946. The van der Waals surface area contributed by atoms with Crippen molar-refractivity contribution in [3.05, 3.63) is 0 Å². The van der Waals surface area contributed by atoms with Crippen molar-refractivity contribution in [2.24, 2.45) is 0 Å². The number of amides is 1. The first-order valence-electron chi connectivity index (χ1n) is 11.1. The molecule has 0 rings (SSSR count). The zero-order valence-corrected chi connectivity index (χ0v) is 17.8. The molecule has 0 radical (unpaired) electrons. The number of nitrogens with one attached hydrogen (secondary N) is 1. The van der Waals surface area contributed by atoms with Crippen molar-refractivity contribution in [2.45, 2.75) is 116 Å². The average molecular weight is 386 g/mol. The van der Waals surface area contributed by atoms with Gasteiger partial charge in [0.1, 0.15) is 0 Å². The molecule has 1 atom stereocenters. The van der Waals surface area contributed by atoms with Crippen LogP contribution in [0.25, 0.3) is 0 Å². The Kier molecular flexibility index (Phi) is 18.9. The standard InChI is InChI=1S/C22H43NO4/c1-3-4-5-6-7-8-9-10-11-12-13-14-15-16-17-18-21(24)23-20(19-27-2)22(25)26/h20H,3-19H2,1-2H3,(H,23,24)(H,25,26)/t20-/m0/s1. The molecule has 2 N–H and O–H groups in total.